The molecule has 0 unspecified atom stereocenters. The zero-order chi connectivity index (χ0) is 53.6. The zero-order valence-corrected chi connectivity index (χ0v) is 39.9. The highest BCUT2D eigenvalue weighted by molar-refractivity contribution is 5.86. The van der Waals surface area contributed by atoms with Gasteiger partial charge in [-0.15, -0.1) is 0 Å². The van der Waals surface area contributed by atoms with E-state index in [2.05, 4.69) is 70.8 Å². The van der Waals surface area contributed by atoms with Crippen LogP contribution in [0.5, 0.6) is 11.9 Å². The molecule has 0 spiro atoms. The fourth-order valence-corrected chi connectivity index (χ4v) is 7.20. The lowest BCUT2D eigenvalue weighted by Crippen LogP contribution is -2.15. The van der Waals surface area contributed by atoms with Crippen molar-refractivity contribution in [3.8, 4) is 29.0 Å². The smallest absolute Gasteiger partial charge is 0.451 e. The Hall–Kier alpha value is -8.86. The van der Waals surface area contributed by atoms with Gasteiger partial charge in [-0.25, -0.2) is 49.8 Å². The van der Waals surface area contributed by atoms with Gasteiger partial charge in [0.25, 0.3) is 0 Å². The lowest BCUT2D eigenvalue weighted by Gasteiger charge is -2.13. The number of nitrogens with zero attached hydrogens (tertiary/aromatic N) is 15. The van der Waals surface area contributed by atoms with Gasteiger partial charge in [-0.3, -0.25) is 13.7 Å². The molecule has 30 heteroatoms. The van der Waals surface area contributed by atoms with Crippen LogP contribution >= 0.6 is 0 Å². The number of fused-ring (bicyclic) bond motifs is 3. The maximum Gasteiger partial charge on any atom is 0.451 e. The summed E-state index contributed by atoms with van der Waals surface area (Å²) in [7, 11) is 8.02. The van der Waals surface area contributed by atoms with Gasteiger partial charge in [-0.1, -0.05) is 6.07 Å². The molecule has 21 nitrogen and oxygen atoms in total. The molecule has 11 rings (SSSR count). The molecule has 0 amide bonds. The van der Waals surface area contributed by atoms with E-state index in [4.69, 9.17) is 15.2 Å². The first kappa shape index (κ1) is 51.1. The average molecular weight is 1050 g/mol. The number of halogens is 9. The number of ether oxygens (including phenoxy) is 2. The van der Waals surface area contributed by atoms with Gasteiger partial charge in [0.15, 0.2) is 50.9 Å². The molecule has 7 aromatic heterocycles. The highest BCUT2D eigenvalue weighted by Crippen LogP contribution is 2.36. The second-order valence-corrected chi connectivity index (χ2v) is 16.9. The Morgan fingerprint density at radius 3 is 1.48 bits per heavy atom. The minimum absolute atomic E-state index is 0.0477. The van der Waals surface area contributed by atoms with Gasteiger partial charge in [0.05, 0.1) is 26.1 Å². The number of nitrogens with one attached hydrogen (secondary N) is 3. The normalized spacial score (nSPS) is 13.7. The monoisotopic (exact) mass is 1050 g/mol. The van der Waals surface area contributed by atoms with Crippen LogP contribution in [0.4, 0.5) is 68.3 Å². The molecule has 392 valence electrons. The standard InChI is InChI=1S/C17H17F3N6.C15H13F3N6.C13H12F3N7O2/c1-25(2)11-5-7-12(8-6-11)26-9-21-13-14(22-10-3-4-10)23-16(17(18,19)20)24-15(13)26;16-15(17,18)14-22-12(21-9-4-5-9)11-13(23-14)24(7-20-11)10-3-1-2-8(19)6-10;1-17-8-7-9(21-11(20-8)13(14,15)16)23(5-19-7)6-4-18-12(25-3)22-10(6)24-2/h5-10H,3-4H2,1-2H3,(H,22,23,24);1-3,6-7,9H,4-5,19H2,(H,21,22,23);4-5H,1-3H3,(H,17,20,21). The summed E-state index contributed by atoms with van der Waals surface area (Å²) >= 11 is 0. The molecule has 2 aliphatic carbocycles. The summed E-state index contributed by atoms with van der Waals surface area (Å²) in [6.07, 6.45) is -4.82. The fraction of sp³-hybridized carbons (Fsp3) is 0.311. The Labute approximate surface area is 417 Å². The van der Waals surface area contributed by atoms with E-state index in [0.29, 0.717) is 28.1 Å². The van der Waals surface area contributed by atoms with E-state index in [0.717, 1.165) is 31.4 Å². The van der Waals surface area contributed by atoms with Gasteiger partial charge in [-0.2, -0.15) is 44.5 Å². The van der Waals surface area contributed by atoms with E-state index in [9.17, 15) is 39.5 Å². The highest BCUT2D eigenvalue weighted by atomic mass is 19.4. The van der Waals surface area contributed by atoms with Crippen LogP contribution in [-0.4, -0.2) is 116 Å². The van der Waals surface area contributed by atoms with Crippen molar-refractivity contribution in [3.63, 3.8) is 0 Å². The Kier molecular flexibility index (Phi) is 13.5. The van der Waals surface area contributed by atoms with Crippen molar-refractivity contribution in [3.05, 3.63) is 91.2 Å². The van der Waals surface area contributed by atoms with Gasteiger partial charge in [-0.05, 0) is 68.1 Å². The number of nitrogens with two attached hydrogens (primary N) is 1. The molecule has 75 heavy (non-hydrogen) atoms. The summed E-state index contributed by atoms with van der Waals surface area (Å²) in [4.78, 5) is 44.2. The summed E-state index contributed by atoms with van der Waals surface area (Å²) in [6.45, 7) is 0. The minimum Gasteiger partial charge on any atom is -0.479 e. The summed E-state index contributed by atoms with van der Waals surface area (Å²) < 4.78 is 133. The molecule has 2 fully saturated rings. The number of hydrogen-bond donors (Lipinski definition) is 4. The van der Waals surface area contributed by atoms with Crippen molar-refractivity contribution in [2.75, 3.05) is 61.9 Å². The molecule has 2 aliphatic rings. The Morgan fingerprint density at radius 1 is 0.573 bits per heavy atom. The van der Waals surface area contributed by atoms with Gasteiger partial charge in [0.2, 0.25) is 23.4 Å². The molecule has 0 bridgehead atoms. The Bertz CT molecular complexity index is 3510. The summed E-state index contributed by atoms with van der Waals surface area (Å²) in [5.41, 5.74) is 9.70. The molecule has 2 saturated carbocycles. The number of imidazole rings is 3. The summed E-state index contributed by atoms with van der Waals surface area (Å²) in [6, 6.07) is 14.5. The lowest BCUT2D eigenvalue weighted by molar-refractivity contribution is -0.145. The van der Waals surface area contributed by atoms with Gasteiger partial charge >= 0.3 is 24.5 Å². The molecule has 0 radical (unpaired) electrons. The predicted octanol–water partition coefficient (Wildman–Crippen LogP) is 8.15. The largest absolute Gasteiger partial charge is 0.479 e. The number of alkyl halides is 9. The van der Waals surface area contributed by atoms with Crippen LogP contribution in [0.1, 0.15) is 43.2 Å². The van der Waals surface area contributed by atoms with E-state index in [1.165, 1.54) is 55.6 Å². The van der Waals surface area contributed by atoms with Crippen LogP contribution in [0, 0.1) is 0 Å². The SMILES string of the molecule is CN(C)c1ccc(-n2cnc3c(NC4CC4)nc(C(F)(F)F)nc32)cc1.CNc1nc(C(F)(F)F)nc2c1ncn2-c1cnc(OC)nc1OC.Nc1cccc(-n2cnc3c(NC4CC4)nc(C(F)(F)F)nc32)c1. The number of aromatic nitrogens is 14. The summed E-state index contributed by atoms with van der Waals surface area (Å²) in [5, 5.41) is 8.61. The lowest BCUT2D eigenvalue weighted by atomic mass is 10.2. The molecule has 0 saturated heterocycles. The molecule has 0 atom stereocenters. The third-order valence-corrected chi connectivity index (χ3v) is 11.2. The fourth-order valence-electron chi connectivity index (χ4n) is 7.20. The van der Waals surface area contributed by atoms with E-state index in [1.54, 1.807) is 28.8 Å². The first-order valence-electron chi connectivity index (χ1n) is 22.4. The third kappa shape index (κ3) is 11.1. The van der Waals surface area contributed by atoms with Crippen molar-refractivity contribution in [2.45, 2.75) is 56.3 Å². The van der Waals surface area contributed by atoms with Crippen molar-refractivity contribution in [2.24, 2.45) is 0 Å². The van der Waals surface area contributed by atoms with E-state index in [1.807, 2.05) is 43.3 Å². The maximum absolute atomic E-state index is 13.2. The number of methoxy groups -OCH3 is 2. The number of rotatable bonds is 11. The molecular formula is C45H42F9N19O2. The van der Waals surface area contributed by atoms with Gasteiger partial charge in [0, 0.05) is 50.3 Å². The molecule has 2 aromatic carbocycles. The first-order chi connectivity index (χ1) is 35.6. The van der Waals surface area contributed by atoms with Crippen LogP contribution < -0.4 is 36.1 Å². The van der Waals surface area contributed by atoms with Gasteiger partial charge < -0.3 is 36.1 Å². The number of benzene rings is 2. The van der Waals surface area contributed by atoms with E-state index >= 15 is 0 Å². The Balaban J connectivity index is 0.000000138. The first-order valence-corrected chi connectivity index (χ1v) is 22.4. The van der Waals surface area contributed by atoms with Crippen molar-refractivity contribution in [1.82, 2.24) is 68.5 Å². The van der Waals surface area contributed by atoms with Crippen LogP contribution in [0.15, 0.2) is 73.7 Å². The van der Waals surface area contributed by atoms with Crippen molar-refractivity contribution in [1.29, 1.82) is 0 Å². The molecule has 7 heterocycles. The number of anilines is 5. The maximum atomic E-state index is 13.2. The van der Waals surface area contributed by atoms with Crippen LogP contribution in [0.25, 0.3) is 50.6 Å². The molecule has 9 aromatic rings. The number of nitrogen functional groups attached to an aromatic ring is 1. The van der Waals surface area contributed by atoms with Crippen LogP contribution in [0.2, 0.25) is 0 Å². The third-order valence-electron chi connectivity index (χ3n) is 11.2. The topological polar surface area (TPSA) is 240 Å². The minimum atomic E-state index is -4.71. The van der Waals surface area contributed by atoms with Crippen LogP contribution in [-0.2, 0) is 18.5 Å². The van der Waals surface area contributed by atoms with Crippen molar-refractivity contribution < 1.29 is 49.0 Å². The van der Waals surface area contributed by atoms with E-state index < -0.39 is 36.0 Å². The highest BCUT2D eigenvalue weighted by Gasteiger charge is 2.39. The quantitative estimate of drug-likeness (QED) is 0.0706. The van der Waals surface area contributed by atoms with Crippen molar-refractivity contribution >= 4 is 62.3 Å². The second kappa shape index (κ2) is 19.9. The number of hydrogen-bond acceptors (Lipinski definition) is 18. The van der Waals surface area contributed by atoms with Gasteiger partial charge in [0.1, 0.15) is 24.7 Å². The molecule has 5 N–H and O–H groups in total. The zero-order valence-electron chi connectivity index (χ0n) is 39.9. The van der Waals surface area contributed by atoms with Crippen LogP contribution in [0.3, 0.4) is 0 Å². The average Bonchev–Trinajstić information content (AvgIpc) is 4.23. The summed E-state index contributed by atoms with van der Waals surface area (Å²) in [5.74, 6) is -3.37. The van der Waals surface area contributed by atoms with E-state index in [-0.39, 0.29) is 69.6 Å². The predicted molar refractivity (Wildman–Crippen MR) is 255 cm³/mol. The molecular weight excluding hydrogens is 1010 g/mol. The second-order valence-electron chi connectivity index (χ2n) is 16.9. The Morgan fingerprint density at radius 2 is 1.04 bits per heavy atom. The molecule has 0 aliphatic heterocycles.